The van der Waals surface area contributed by atoms with Crippen LogP contribution >= 0.6 is 0 Å². The zero-order valence-electron chi connectivity index (χ0n) is 19.9. The summed E-state index contributed by atoms with van der Waals surface area (Å²) in [6.07, 6.45) is 0.251. The van der Waals surface area contributed by atoms with Crippen LogP contribution in [0, 0.1) is 23.4 Å². The lowest BCUT2D eigenvalue weighted by Crippen LogP contribution is -2.49. The molecule has 0 radical (unpaired) electrons. The molecule has 2 N–H and O–H groups in total. The molecule has 2 aliphatic rings. The van der Waals surface area contributed by atoms with Crippen LogP contribution in [0.1, 0.15) is 22.9 Å². The van der Waals surface area contributed by atoms with Gasteiger partial charge in [0.2, 0.25) is 0 Å². The molecular weight excluding hydrogens is 500 g/mol. The highest BCUT2D eigenvalue weighted by Crippen LogP contribution is 2.42. The van der Waals surface area contributed by atoms with Gasteiger partial charge in [0.1, 0.15) is 36.4 Å². The van der Waals surface area contributed by atoms with Crippen molar-refractivity contribution in [3.8, 4) is 5.75 Å². The summed E-state index contributed by atoms with van der Waals surface area (Å²) in [7, 11) is 0. The number of hydrogen-bond acceptors (Lipinski definition) is 4. The van der Waals surface area contributed by atoms with Crippen LogP contribution in [0.25, 0.3) is 10.9 Å². The first-order valence-corrected chi connectivity index (χ1v) is 12.1. The van der Waals surface area contributed by atoms with Gasteiger partial charge in [0.25, 0.3) is 5.92 Å². The average molecular weight is 528 g/mol. The fourth-order valence-corrected chi connectivity index (χ4v) is 5.31. The van der Waals surface area contributed by atoms with Crippen molar-refractivity contribution in [3.05, 3.63) is 64.6 Å². The number of halogens is 6. The number of rotatable bonds is 9. The molecule has 0 aliphatic carbocycles. The molecule has 1 atom stereocenters. The largest absolute Gasteiger partial charge is 0.492 e. The Hall–Kier alpha value is -2.76. The van der Waals surface area contributed by atoms with E-state index in [0.29, 0.717) is 41.8 Å². The third-order valence-electron chi connectivity index (χ3n) is 7.11. The van der Waals surface area contributed by atoms with E-state index in [-0.39, 0.29) is 37.9 Å². The molecule has 0 spiro atoms. The summed E-state index contributed by atoms with van der Waals surface area (Å²) >= 11 is 0. The van der Waals surface area contributed by atoms with Crippen LogP contribution in [0.2, 0.25) is 0 Å². The Morgan fingerprint density at radius 1 is 1.08 bits per heavy atom. The molecule has 5 rings (SSSR count). The number of H-pyrrole nitrogens is 1. The van der Waals surface area contributed by atoms with Gasteiger partial charge >= 0.3 is 0 Å². The van der Waals surface area contributed by atoms with E-state index < -0.39 is 48.1 Å². The number of nitrogens with one attached hydrogen (secondary N) is 1. The number of hydrogen-bond donors (Lipinski definition) is 2. The average Bonchev–Trinajstić information content (AvgIpc) is 3.19. The number of aliphatic hydroxyl groups is 1. The fraction of sp³-hybridized carbons (Fsp3) is 0.462. The molecule has 11 heteroatoms. The highest BCUT2D eigenvalue weighted by Gasteiger charge is 2.41. The molecule has 5 nitrogen and oxygen atoms in total. The minimum Gasteiger partial charge on any atom is -0.492 e. The molecule has 200 valence electrons. The Balaban J connectivity index is 1.46. The van der Waals surface area contributed by atoms with Crippen LogP contribution in [-0.4, -0.2) is 78.4 Å². The van der Waals surface area contributed by atoms with Crippen LogP contribution < -0.4 is 4.74 Å². The predicted molar refractivity (Wildman–Crippen MR) is 125 cm³/mol. The minimum absolute atomic E-state index is 0.0110. The van der Waals surface area contributed by atoms with Crippen molar-refractivity contribution < 1.29 is 36.2 Å². The number of benzene rings is 2. The van der Waals surface area contributed by atoms with Crippen LogP contribution in [0.3, 0.4) is 0 Å². The molecular formula is C26H27F6N3O2. The Morgan fingerprint density at radius 2 is 1.81 bits per heavy atom. The third kappa shape index (κ3) is 5.17. The molecule has 37 heavy (non-hydrogen) atoms. The highest BCUT2D eigenvalue weighted by atomic mass is 19.3. The zero-order chi connectivity index (χ0) is 26.3. The third-order valence-corrected chi connectivity index (χ3v) is 7.11. The number of aliphatic hydroxyl groups excluding tert-OH is 1. The number of ether oxygens (including phenoxy) is 1. The molecule has 1 fully saturated rings. The van der Waals surface area contributed by atoms with Gasteiger partial charge in [-0.3, -0.25) is 14.2 Å². The Bertz CT molecular complexity index is 1250. The lowest BCUT2D eigenvalue weighted by molar-refractivity contribution is -0.0791. The summed E-state index contributed by atoms with van der Waals surface area (Å²) in [6.45, 7) is -0.876. The van der Waals surface area contributed by atoms with E-state index in [0.717, 1.165) is 12.1 Å². The van der Waals surface area contributed by atoms with Gasteiger partial charge in [-0.25, -0.2) is 22.0 Å². The highest BCUT2D eigenvalue weighted by molar-refractivity contribution is 5.85. The van der Waals surface area contributed by atoms with Crippen molar-refractivity contribution in [1.82, 2.24) is 14.8 Å². The summed E-state index contributed by atoms with van der Waals surface area (Å²) in [5.74, 6) is -5.98. The van der Waals surface area contributed by atoms with E-state index in [1.54, 1.807) is 0 Å². The summed E-state index contributed by atoms with van der Waals surface area (Å²) < 4.78 is 91.4. The summed E-state index contributed by atoms with van der Waals surface area (Å²) in [4.78, 5) is 6.23. The second-order valence-electron chi connectivity index (χ2n) is 9.77. The van der Waals surface area contributed by atoms with Gasteiger partial charge in [0, 0.05) is 66.4 Å². The van der Waals surface area contributed by atoms with Gasteiger partial charge in [0.05, 0.1) is 19.3 Å². The standard InChI is InChI=1S/C26H27F6N3O2/c27-10-15-11-34(12-15)5-6-37-17-8-20(29)23(21(30)9-17)25-24-18(3-4-35(25)13-26(31,32)14-36)19-7-16(28)1-2-22(19)33-24/h1-2,7-9,15,25,33,36H,3-6,10-14H2/t25-/m0/s1. The zero-order valence-corrected chi connectivity index (χ0v) is 19.9. The number of fused-ring (bicyclic) bond motifs is 3. The van der Waals surface area contributed by atoms with Crippen molar-refractivity contribution in [2.45, 2.75) is 18.4 Å². The molecule has 3 heterocycles. The van der Waals surface area contributed by atoms with Crippen LogP contribution in [-0.2, 0) is 6.42 Å². The molecule has 2 aliphatic heterocycles. The van der Waals surface area contributed by atoms with Gasteiger partial charge in [-0.1, -0.05) is 0 Å². The SMILES string of the molecule is OCC(F)(F)CN1CCc2c([nH]c3ccc(F)cc23)[C@@H]1c1c(F)cc(OCCN2CC(CF)C2)cc1F. The number of likely N-dealkylation sites (tertiary alicyclic amines) is 1. The lowest BCUT2D eigenvalue weighted by Gasteiger charge is -2.38. The maximum Gasteiger partial charge on any atom is 0.283 e. The van der Waals surface area contributed by atoms with Gasteiger partial charge in [0.15, 0.2) is 0 Å². The van der Waals surface area contributed by atoms with Crippen molar-refractivity contribution in [1.29, 1.82) is 0 Å². The topological polar surface area (TPSA) is 51.7 Å². The first-order chi connectivity index (χ1) is 17.7. The van der Waals surface area contributed by atoms with Crippen molar-refractivity contribution in [2.75, 3.05) is 52.6 Å². The van der Waals surface area contributed by atoms with E-state index in [2.05, 4.69) is 4.98 Å². The van der Waals surface area contributed by atoms with E-state index in [4.69, 9.17) is 9.84 Å². The molecule has 0 amide bonds. The molecule has 1 aromatic heterocycles. The minimum atomic E-state index is -3.50. The van der Waals surface area contributed by atoms with Crippen molar-refractivity contribution in [3.63, 3.8) is 0 Å². The molecule has 3 aromatic rings. The van der Waals surface area contributed by atoms with Crippen molar-refractivity contribution >= 4 is 10.9 Å². The predicted octanol–water partition coefficient (Wildman–Crippen LogP) is 4.44. The van der Waals surface area contributed by atoms with Gasteiger partial charge < -0.3 is 14.8 Å². The van der Waals surface area contributed by atoms with E-state index in [9.17, 15) is 17.6 Å². The first-order valence-electron chi connectivity index (χ1n) is 12.1. The maximum absolute atomic E-state index is 15.4. The monoisotopic (exact) mass is 527 g/mol. The number of nitrogens with zero attached hydrogens (tertiary/aromatic N) is 2. The van der Waals surface area contributed by atoms with E-state index in [1.807, 2.05) is 4.90 Å². The van der Waals surface area contributed by atoms with E-state index >= 15 is 8.78 Å². The molecule has 0 unspecified atom stereocenters. The van der Waals surface area contributed by atoms with Crippen molar-refractivity contribution in [2.24, 2.45) is 5.92 Å². The fourth-order valence-electron chi connectivity index (χ4n) is 5.31. The Kier molecular flexibility index (Phi) is 7.12. The first kappa shape index (κ1) is 25.9. The molecule has 1 saturated heterocycles. The quantitative estimate of drug-likeness (QED) is 0.404. The van der Waals surface area contributed by atoms with Crippen LogP contribution in [0.5, 0.6) is 5.75 Å². The number of alkyl halides is 3. The number of aromatic amines is 1. The van der Waals surface area contributed by atoms with Gasteiger partial charge in [-0.2, -0.15) is 0 Å². The number of aromatic nitrogens is 1. The Labute approximate surface area is 209 Å². The smallest absolute Gasteiger partial charge is 0.283 e. The summed E-state index contributed by atoms with van der Waals surface area (Å²) in [5.41, 5.74) is 0.979. The lowest BCUT2D eigenvalue weighted by atomic mass is 9.91. The van der Waals surface area contributed by atoms with E-state index in [1.165, 1.54) is 23.1 Å². The Morgan fingerprint density at radius 3 is 2.49 bits per heavy atom. The van der Waals surface area contributed by atoms with Gasteiger partial charge in [-0.15, -0.1) is 0 Å². The molecule has 0 saturated carbocycles. The molecule has 2 aromatic carbocycles. The summed E-state index contributed by atoms with van der Waals surface area (Å²) in [5, 5.41) is 9.65. The molecule has 0 bridgehead atoms. The normalized spacial score (nSPS) is 19.3. The summed E-state index contributed by atoms with van der Waals surface area (Å²) in [6, 6.07) is 4.80. The van der Waals surface area contributed by atoms with Crippen LogP contribution in [0.15, 0.2) is 30.3 Å². The van der Waals surface area contributed by atoms with Gasteiger partial charge in [-0.05, 0) is 30.2 Å². The van der Waals surface area contributed by atoms with Crippen LogP contribution in [0.4, 0.5) is 26.3 Å². The maximum atomic E-state index is 15.4. The second kappa shape index (κ2) is 10.2. The second-order valence-corrected chi connectivity index (χ2v) is 9.77.